The smallest absolute Gasteiger partial charge is 0.241 e. The van der Waals surface area contributed by atoms with Crippen LogP contribution in [0.1, 0.15) is 17.2 Å². The Labute approximate surface area is 124 Å². The molecule has 4 N–H and O–H groups in total. The lowest BCUT2D eigenvalue weighted by molar-refractivity contribution is 0.259. The highest BCUT2D eigenvalue weighted by molar-refractivity contribution is 7.89. The Kier molecular flexibility index (Phi) is 4.62. The van der Waals surface area contributed by atoms with Gasteiger partial charge in [-0.05, 0) is 36.2 Å². The third-order valence-corrected chi connectivity index (χ3v) is 4.52. The van der Waals surface area contributed by atoms with E-state index in [0.29, 0.717) is 11.3 Å². The van der Waals surface area contributed by atoms with Crippen LogP contribution in [0.5, 0.6) is 0 Å². The molecule has 1 atom stereocenters. The third kappa shape index (κ3) is 3.81. The second-order valence-corrected chi connectivity index (χ2v) is 6.56. The summed E-state index contributed by atoms with van der Waals surface area (Å²) >= 11 is 0. The van der Waals surface area contributed by atoms with Crippen LogP contribution in [0.4, 0.5) is 5.69 Å². The fraction of sp³-hybridized carbons (Fsp3) is 0.200. The monoisotopic (exact) mass is 306 g/mol. The van der Waals surface area contributed by atoms with E-state index >= 15 is 0 Å². The zero-order chi connectivity index (χ0) is 15.5. The normalized spacial score (nSPS) is 13.0. The minimum atomic E-state index is -3.75. The number of aliphatic hydroxyl groups is 1. The van der Waals surface area contributed by atoms with E-state index in [4.69, 9.17) is 5.73 Å². The highest BCUT2D eigenvalue weighted by Gasteiger charge is 2.21. The van der Waals surface area contributed by atoms with Crippen LogP contribution in [0, 0.1) is 6.92 Å². The molecule has 21 heavy (non-hydrogen) atoms. The third-order valence-electron chi connectivity index (χ3n) is 3.07. The lowest BCUT2D eigenvalue weighted by atomic mass is 10.1. The van der Waals surface area contributed by atoms with Crippen molar-refractivity contribution in [2.75, 3.05) is 12.3 Å². The molecule has 0 unspecified atom stereocenters. The van der Waals surface area contributed by atoms with Gasteiger partial charge in [-0.2, -0.15) is 0 Å². The number of hydrogen-bond acceptors (Lipinski definition) is 4. The van der Waals surface area contributed by atoms with Crippen molar-refractivity contribution < 1.29 is 13.5 Å². The molecule has 2 rings (SSSR count). The molecular formula is C15H18N2O3S. The maximum atomic E-state index is 12.4. The Morgan fingerprint density at radius 2 is 1.86 bits per heavy atom. The van der Waals surface area contributed by atoms with Crippen molar-refractivity contribution in [1.29, 1.82) is 0 Å². The number of aliphatic hydroxyl groups excluding tert-OH is 1. The minimum Gasteiger partial charge on any atom is -0.399 e. The summed E-state index contributed by atoms with van der Waals surface area (Å²) in [6.07, 6.45) is 0. The zero-order valence-corrected chi connectivity index (χ0v) is 12.5. The Morgan fingerprint density at radius 3 is 2.43 bits per heavy atom. The van der Waals surface area contributed by atoms with Gasteiger partial charge in [-0.25, -0.2) is 13.1 Å². The predicted octanol–water partition coefficient (Wildman–Crippen LogP) is 1.59. The Bertz CT molecular complexity index is 695. The number of aryl methyl sites for hydroxylation is 1. The van der Waals surface area contributed by atoms with Crippen LogP contribution in [0.3, 0.4) is 0 Å². The van der Waals surface area contributed by atoms with Crippen molar-refractivity contribution in [2.24, 2.45) is 0 Å². The van der Waals surface area contributed by atoms with Crippen LogP contribution in [-0.4, -0.2) is 20.1 Å². The second kappa shape index (κ2) is 6.26. The highest BCUT2D eigenvalue weighted by Crippen LogP contribution is 2.20. The first-order chi connectivity index (χ1) is 9.92. The standard InChI is InChI=1S/C15H18N2O3S/c1-11-7-13(16)9-14(8-11)21(19,20)17-15(10-18)12-5-3-2-4-6-12/h2-9,15,17-18H,10,16H2,1H3/t15-/m0/s1. The maximum Gasteiger partial charge on any atom is 0.241 e. The van der Waals surface area contributed by atoms with E-state index in [9.17, 15) is 13.5 Å². The molecule has 0 saturated carbocycles. The number of benzene rings is 2. The van der Waals surface area contributed by atoms with Crippen molar-refractivity contribution in [3.8, 4) is 0 Å². The summed E-state index contributed by atoms with van der Waals surface area (Å²) in [7, 11) is -3.75. The molecule has 2 aromatic carbocycles. The van der Waals surface area contributed by atoms with Crippen molar-refractivity contribution >= 4 is 15.7 Å². The van der Waals surface area contributed by atoms with Gasteiger partial charge in [0.2, 0.25) is 10.0 Å². The quantitative estimate of drug-likeness (QED) is 0.731. The van der Waals surface area contributed by atoms with E-state index in [1.165, 1.54) is 12.1 Å². The van der Waals surface area contributed by atoms with Gasteiger partial charge in [0, 0.05) is 5.69 Å². The molecule has 0 aliphatic rings. The molecule has 0 heterocycles. The van der Waals surface area contributed by atoms with Crippen LogP contribution in [0.2, 0.25) is 0 Å². The number of nitrogens with two attached hydrogens (primary N) is 1. The summed E-state index contributed by atoms with van der Waals surface area (Å²) < 4.78 is 27.3. The molecule has 0 saturated heterocycles. The summed E-state index contributed by atoms with van der Waals surface area (Å²) in [5, 5.41) is 9.45. The molecule has 5 nitrogen and oxygen atoms in total. The minimum absolute atomic E-state index is 0.0920. The Morgan fingerprint density at radius 1 is 1.19 bits per heavy atom. The van der Waals surface area contributed by atoms with Crippen LogP contribution < -0.4 is 10.5 Å². The molecule has 0 bridgehead atoms. The lowest BCUT2D eigenvalue weighted by Gasteiger charge is -2.17. The van der Waals surface area contributed by atoms with Crippen molar-refractivity contribution in [1.82, 2.24) is 4.72 Å². The van der Waals surface area contributed by atoms with E-state index in [2.05, 4.69) is 4.72 Å². The van der Waals surface area contributed by atoms with Gasteiger partial charge in [0.1, 0.15) is 0 Å². The fourth-order valence-corrected chi connectivity index (χ4v) is 3.44. The van der Waals surface area contributed by atoms with Crippen molar-refractivity contribution in [2.45, 2.75) is 17.9 Å². The highest BCUT2D eigenvalue weighted by atomic mass is 32.2. The van der Waals surface area contributed by atoms with Gasteiger partial charge in [0.15, 0.2) is 0 Å². The first-order valence-electron chi connectivity index (χ1n) is 6.47. The molecule has 112 valence electrons. The number of anilines is 1. The average Bonchev–Trinajstić information content (AvgIpc) is 2.45. The topological polar surface area (TPSA) is 92.4 Å². The predicted molar refractivity (Wildman–Crippen MR) is 82.2 cm³/mol. The fourth-order valence-electron chi connectivity index (χ4n) is 2.08. The summed E-state index contributed by atoms with van der Waals surface area (Å²) in [4.78, 5) is 0.0920. The van der Waals surface area contributed by atoms with Gasteiger partial charge in [-0.3, -0.25) is 0 Å². The van der Waals surface area contributed by atoms with Crippen molar-refractivity contribution in [3.63, 3.8) is 0 Å². The molecule has 0 radical (unpaired) electrons. The van der Waals surface area contributed by atoms with Crippen LogP contribution in [0.25, 0.3) is 0 Å². The molecule has 0 aliphatic carbocycles. The molecule has 2 aromatic rings. The number of rotatable bonds is 5. The van der Waals surface area contributed by atoms with E-state index in [0.717, 1.165) is 5.56 Å². The number of hydrogen-bond donors (Lipinski definition) is 3. The van der Waals surface area contributed by atoms with Gasteiger partial charge < -0.3 is 10.8 Å². The maximum absolute atomic E-state index is 12.4. The van der Waals surface area contributed by atoms with E-state index in [1.807, 2.05) is 6.07 Å². The number of sulfonamides is 1. The van der Waals surface area contributed by atoms with Gasteiger partial charge in [0.25, 0.3) is 0 Å². The Hall–Kier alpha value is -1.89. The Balaban J connectivity index is 2.31. The van der Waals surface area contributed by atoms with Gasteiger partial charge in [0.05, 0.1) is 17.5 Å². The van der Waals surface area contributed by atoms with Crippen LogP contribution in [-0.2, 0) is 10.0 Å². The number of nitrogens with one attached hydrogen (secondary N) is 1. The van der Waals surface area contributed by atoms with Crippen LogP contribution in [0.15, 0.2) is 53.4 Å². The molecular weight excluding hydrogens is 288 g/mol. The first-order valence-corrected chi connectivity index (χ1v) is 7.96. The summed E-state index contributed by atoms with van der Waals surface area (Å²) in [5.41, 5.74) is 7.53. The largest absolute Gasteiger partial charge is 0.399 e. The number of nitrogen functional groups attached to an aromatic ring is 1. The van der Waals surface area contributed by atoms with Gasteiger partial charge in [-0.1, -0.05) is 30.3 Å². The zero-order valence-electron chi connectivity index (χ0n) is 11.7. The van der Waals surface area contributed by atoms with E-state index in [-0.39, 0.29) is 11.5 Å². The summed E-state index contributed by atoms with van der Waals surface area (Å²) in [6, 6.07) is 12.9. The molecule has 0 fully saturated rings. The molecule has 0 spiro atoms. The summed E-state index contributed by atoms with van der Waals surface area (Å²) in [6.45, 7) is 1.45. The SMILES string of the molecule is Cc1cc(N)cc(S(=O)(=O)N[C@@H](CO)c2ccccc2)c1. The molecule has 0 amide bonds. The van der Waals surface area contributed by atoms with Gasteiger partial charge >= 0.3 is 0 Å². The van der Waals surface area contributed by atoms with Crippen molar-refractivity contribution in [3.05, 3.63) is 59.7 Å². The second-order valence-electron chi connectivity index (χ2n) is 4.85. The lowest BCUT2D eigenvalue weighted by Crippen LogP contribution is -2.31. The summed E-state index contributed by atoms with van der Waals surface area (Å²) in [5.74, 6) is 0. The van der Waals surface area contributed by atoms with Gasteiger partial charge in [-0.15, -0.1) is 0 Å². The first kappa shape index (κ1) is 15.5. The molecule has 0 aromatic heterocycles. The van der Waals surface area contributed by atoms with E-state index in [1.54, 1.807) is 37.3 Å². The van der Waals surface area contributed by atoms with Crippen LogP contribution >= 0.6 is 0 Å². The van der Waals surface area contributed by atoms with E-state index < -0.39 is 16.1 Å². The molecule has 0 aliphatic heterocycles. The average molecular weight is 306 g/mol. The molecule has 6 heteroatoms.